The van der Waals surface area contributed by atoms with Gasteiger partial charge in [0.05, 0.1) is 6.54 Å². The minimum Gasteiger partial charge on any atom is -0.379 e. The Morgan fingerprint density at radius 2 is 2.00 bits per heavy atom. The molecule has 0 amide bonds. The fraction of sp³-hybridized carbons (Fsp3) is 0.286. The molecule has 4 heteroatoms. The van der Waals surface area contributed by atoms with Crippen molar-refractivity contribution < 1.29 is 8.78 Å². The Balaban J connectivity index is 2.39. The van der Waals surface area contributed by atoms with Crippen molar-refractivity contribution in [2.75, 3.05) is 11.9 Å². The number of rotatable bonds is 3. The summed E-state index contributed by atoms with van der Waals surface area (Å²) in [4.78, 5) is 3.74. The molecule has 0 aliphatic heterocycles. The Morgan fingerprint density at radius 1 is 1.36 bits per heavy atom. The highest BCUT2D eigenvalue weighted by Gasteiger charge is 1.99. The van der Waals surface area contributed by atoms with Gasteiger partial charge in [-0.25, -0.2) is 8.78 Å². The van der Waals surface area contributed by atoms with Crippen molar-refractivity contribution in [3.05, 3.63) is 24.5 Å². The van der Waals surface area contributed by atoms with Gasteiger partial charge in [0.25, 0.3) is 6.43 Å². The highest BCUT2D eigenvalue weighted by atomic mass is 19.3. The number of halogens is 2. The molecule has 11 heavy (non-hydrogen) atoms. The van der Waals surface area contributed by atoms with Crippen LogP contribution in [-0.4, -0.2) is 18.0 Å². The molecule has 0 atom stereocenters. The molecule has 0 bridgehead atoms. The average Bonchev–Trinajstić information content (AvgIpc) is 2.03. The predicted octanol–water partition coefficient (Wildman–Crippen LogP) is 1.76. The smallest absolute Gasteiger partial charge is 0.255 e. The van der Waals surface area contributed by atoms with E-state index in [0.29, 0.717) is 5.69 Å². The third kappa shape index (κ3) is 2.93. The maximum atomic E-state index is 11.6. The summed E-state index contributed by atoms with van der Waals surface area (Å²) < 4.78 is 23.3. The van der Waals surface area contributed by atoms with Gasteiger partial charge < -0.3 is 5.32 Å². The van der Waals surface area contributed by atoms with Crippen molar-refractivity contribution in [1.29, 1.82) is 0 Å². The SMILES string of the molecule is FC(F)CNc1ccncc1. The van der Waals surface area contributed by atoms with Gasteiger partial charge in [-0.2, -0.15) is 0 Å². The summed E-state index contributed by atoms with van der Waals surface area (Å²) in [7, 11) is 0. The Labute approximate surface area is 63.3 Å². The molecule has 60 valence electrons. The molecule has 0 fully saturated rings. The first kappa shape index (κ1) is 7.91. The van der Waals surface area contributed by atoms with E-state index in [9.17, 15) is 8.78 Å². The van der Waals surface area contributed by atoms with E-state index >= 15 is 0 Å². The van der Waals surface area contributed by atoms with Crippen LogP contribution < -0.4 is 5.32 Å². The fourth-order valence-electron chi connectivity index (χ4n) is 0.665. The highest BCUT2D eigenvalue weighted by molar-refractivity contribution is 5.40. The molecule has 0 spiro atoms. The van der Waals surface area contributed by atoms with Gasteiger partial charge in [0.1, 0.15) is 0 Å². The number of hydrogen-bond acceptors (Lipinski definition) is 2. The van der Waals surface area contributed by atoms with Crippen LogP contribution in [0, 0.1) is 0 Å². The molecule has 0 aliphatic rings. The standard InChI is InChI=1S/C7H8F2N2/c8-7(9)5-11-6-1-3-10-4-2-6/h1-4,7H,5H2,(H,10,11). The Morgan fingerprint density at radius 3 is 2.55 bits per heavy atom. The van der Waals surface area contributed by atoms with Crippen molar-refractivity contribution in [2.24, 2.45) is 0 Å². The zero-order valence-electron chi connectivity index (χ0n) is 5.80. The number of hydrogen-bond donors (Lipinski definition) is 1. The molecule has 1 heterocycles. The van der Waals surface area contributed by atoms with Crippen molar-refractivity contribution in [3.8, 4) is 0 Å². The molecule has 1 rings (SSSR count). The summed E-state index contributed by atoms with van der Waals surface area (Å²) in [6.07, 6.45) is 0.782. The summed E-state index contributed by atoms with van der Waals surface area (Å²) in [6, 6.07) is 3.28. The largest absolute Gasteiger partial charge is 0.379 e. The first-order chi connectivity index (χ1) is 5.29. The molecule has 1 aromatic rings. The molecule has 0 radical (unpaired) electrons. The van der Waals surface area contributed by atoms with Crippen molar-refractivity contribution >= 4 is 5.69 Å². The van der Waals surface area contributed by atoms with Crippen LogP contribution in [0.2, 0.25) is 0 Å². The Kier molecular flexibility index (Phi) is 2.77. The van der Waals surface area contributed by atoms with Gasteiger partial charge in [-0.05, 0) is 12.1 Å². The Bertz CT molecular complexity index is 201. The van der Waals surface area contributed by atoms with E-state index in [1.807, 2.05) is 0 Å². The third-order valence-electron chi connectivity index (χ3n) is 1.14. The van der Waals surface area contributed by atoms with Crippen LogP contribution >= 0.6 is 0 Å². The van der Waals surface area contributed by atoms with E-state index in [0.717, 1.165) is 0 Å². The van der Waals surface area contributed by atoms with Crippen LogP contribution in [0.3, 0.4) is 0 Å². The average molecular weight is 158 g/mol. The molecule has 0 saturated carbocycles. The van der Waals surface area contributed by atoms with E-state index in [-0.39, 0.29) is 6.54 Å². The molecule has 1 aromatic heterocycles. The van der Waals surface area contributed by atoms with Crippen molar-refractivity contribution in [3.63, 3.8) is 0 Å². The second-order valence-corrected chi connectivity index (χ2v) is 2.01. The molecule has 1 N–H and O–H groups in total. The molecular formula is C7H8F2N2. The van der Waals surface area contributed by atoms with Crippen LogP contribution in [0.15, 0.2) is 24.5 Å². The van der Waals surface area contributed by atoms with Gasteiger partial charge in [0, 0.05) is 18.1 Å². The normalized spacial score (nSPS) is 10.1. The molecule has 0 aromatic carbocycles. The van der Waals surface area contributed by atoms with Crippen LogP contribution in [0.25, 0.3) is 0 Å². The molecule has 0 unspecified atom stereocenters. The van der Waals surface area contributed by atoms with Gasteiger partial charge >= 0.3 is 0 Å². The number of pyridine rings is 1. The number of anilines is 1. The topological polar surface area (TPSA) is 24.9 Å². The molecule has 2 nitrogen and oxygen atoms in total. The van der Waals surface area contributed by atoms with E-state index in [4.69, 9.17) is 0 Å². The van der Waals surface area contributed by atoms with Gasteiger partial charge in [-0.3, -0.25) is 4.98 Å². The molecular weight excluding hydrogens is 150 g/mol. The van der Waals surface area contributed by atoms with Gasteiger partial charge in [-0.1, -0.05) is 0 Å². The predicted molar refractivity (Wildman–Crippen MR) is 38.7 cm³/mol. The van der Waals surface area contributed by atoms with E-state index in [1.165, 1.54) is 0 Å². The number of nitrogens with zero attached hydrogens (tertiary/aromatic N) is 1. The number of aromatic nitrogens is 1. The van der Waals surface area contributed by atoms with Gasteiger partial charge in [-0.15, -0.1) is 0 Å². The first-order valence-corrected chi connectivity index (χ1v) is 3.21. The zero-order chi connectivity index (χ0) is 8.10. The summed E-state index contributed by atoms with van der Waals surface area (Å²) in [5.41, 5.74) is 0.667. The number of nitrogens with one attached hydrogen (secondary N) is 1. The molecule has 0 saturated heterocycles. The Hall–Kier alpha value is -1.19. The minimum atomic E-state index is -2.32. The van der Waals surface area contributed by atoms with Gasteiger partial charge in [0.15, 0.2) is 0 Å². The van der Waals surface area contributed by atoms with E-state index in [1.54, 1.807) is 24.5 Å². The zero-order valence-corrected chi connectivity index (χ0v) is 5.80. The van der Waals surface area contributed by atoms with Crippen LogP contribution in [0.1, 0.15) is 0 Å². The lowest BCUT2D eigenvalue weighted by Gasteiger charge is -2.03. The maximum absolute atomic E-state index is 11.6. The van der Waals surface area contributed by atoms with Crippen molar-refractivity contribution in [2.45, 2.75) is 6.43 Å². The van der Waals surface area contributed by atoms with Gasteiger partial charge in [0.2, 0.25) is 0 Å². The lowest BCUT2D eigenvalue weighted by atomic mass is 10.4. The summed E-state index contributed by atoms with van der Waals surface area (Å²) in [6.45, 7) is -0.315. The summed E-state index contributed by atoms with van der Waals surface area (Å²) in [5, 5.41) is 2.55. The van der Waals surface area contributed by atoms with E-state index < -0.39 is 6.43 Å². The third-order valence-corrected chi connectivity index (χ3v) is 1.14. The van der Waals surface area contributed by atoms with Crippen LogP contribution in [-0.2, 0) is 0 Å². The monoisotopic (exact) mass is 158 g/mol. The lowest BCUT2D eigenvalue weighted by molar-refractivity contribution is 0.163. The fourth-order valence-corrected chi connectivity index (χ4v) is 0.665. The molecule has 0 aliphatic carbocycles. The highest BCUT2D eigenvalue weighted by Crippen LogP contribution is 2.03. The quantitative estimate of drug-likeness (QED) is 0.725. The number of alkyl halides is 2. The minimum absolute atomic E-state index is 0.315. The second kappa shape index (κ2) is 3.85. The van der Waals surface area contributed by atoms with Crippen LogP contribution in [0.4, 0.5) is 14.5 Å². The second-order valence-electron chi connectivity index (χ2n) is 2.01. The summed E-state index contributed by atoms with van der Waals surface area (Å²) in [5.74, 6) is 0. The lowest BCUT2D eigenvalue weighted by Crippen LogP contribution is -2.09. The maximum Gasteiger partial charge on any atom is 0.255 e. The summed E-state index contributed by atoms with van der Waals surface area (Å²) >= 11 is 0. The van der Waals surface area contributed by atoms with E-state index in [2.05, 4.69) is 10.3 Å². The van der Waals surface area contributed by atoms with Crippen LogP contribution in [0.5, 0.6) is 0 Å². The van der Waals surface area contributed by atoms with Crippen molar-refractivity contribution in [1.82, 2.24) is 4.98 Å². The first-order valence-electron chi connectivity index (χ1n) is 3.21.